The molecule has 5 heterocycles. The zero-order valence-corrected chi connectivity index (χ0v) is 24.2. The second-order valence-electron chi connectivity index (χ2n) is 10.2. The highest BCUT2D eigenvalue weighted by atomic mass is 32.2. The Bertz CT molecular complexity index is 2320. The van der Waals surface area contributed by atoms with Crippen molar-refractivity contribution in [1.29, 1.82) is 0 Å². The van der Waals surface area contributed by atoms with Gasteiger partial charge in [0.2, 0.25) is 15.6 Å². The summed E-state index contributed by atoms with van der Waals surface area (Å²) < 4.78 is 56.7. The minimum absolute atomic E-state index is 0.144. The van der Waals surface area contributed by atoms with E-state index in [0.717, 1.165) is 0 Å². The number of pyridine rings is 2. The number of rotatable bonds is 6. The SMILES string of the molecule is CCS(=O)(=O)Nc1cc2oc(-c3cc[nH]c(=O)c3)c(C(=O)NC)c2cc1-c1ccc2c(n1)-c1cc3c(F)cccc3n1CO2. The summed E-state index contributed by atoms with van der Waals surface area (Å²) in [5.41, 5.74) is 2.98. The Balaban J connectivity index is 1.48. The average molecular weight is 614 g/mol. The standard InChI is InChI=1S/C31H24FN5O6S/c1-3-44(40,41)36-22-14-26-19(28(31(39)33-2)30(43-26)16-9-10-34-27(38)11-16)12-18(22)21-7-8-25-29(35-21)24-13-17-20(32)5-4-6-23(17)37(24)15-42-25/h4-14,36H,3,15H2,1-2H3,(H,33,39)(H,34,38). The molecule has 0 atom stereocenters. The van der Waals surface area contributed by atoms with E-state index in [1.165, 1.54) is 38.4 Å². The largest absolute Gasteiger partial charge is 0.470 e. The number of aromatic nitrogens is 3. The van der Waals surface area contributed by atoms with Crippen LogP contribution in [0.15, 0.2) is 76.1 Å². The van der Waals surface area contributed by atoms with E-state index in [4.69, 9.17) is 14.1 Å². The molecular formula is C31H24FN5O6S. The van der Waals surface area contributed by atoms with Gasteiger partial charge in [0.25, 0.3) is 5.91 Å². The van der Waals surface area contributed by atoms with Crippen molar-refractivity contribution in [3.8, 4) is 39.7 Å². The van der Waals surface area contributed by atoms with Gasteiger partial charge in [-0.25, -0.2) is 17.8 Å². The van der Waals surface area contributed by atoms with Gasteiger partial charge in [-0.3, -0.25) is 14.3 Å². The van der Waals surface area contributed by atoms with E-state index < -0.39 is 15.9 Å². The van der Waals surface area contributed by atoms with Gasteiger partial charge in [-0.2, -0.15) is 0 Å². The Morgan fingerprint density at radius 3 is 2.73 bits per heavy atom. The number of nitrogens with one attached hydrogen (secondary N) is 3. The fraction of sp³-hybridized carbons (Fsp3) is 0.129. The zero-order valence-electron chi connectivity index (χ0n) is 23.4. The second kappa shape index (κ2) is 10.1. The number of H-pyrrole nitrogens is 1. The van der Waals surface area contributed by atoms with E-state index in [1.807, 2.05) is 4.57 Å². The number of fused-ring (bicyclic) bond motifs is 6. The number of hydrogen-bond donors (Lipinski definition) is 3. The van der Waals surface area contributed by atoms with E-state index in [-0.39, 0.29) is 46.5 Å². The second-order valence-corrected chi connectivity index (χ2v) is 12.2. The number of sulfonamides is 1. The molecule has 0 unspecified atom stereocenters. The first-order chi connectivity index (χ1) is 21.2. The van der Waals surface area contributed by atoms with Gasteiger partial charge >= 0.3 is 0 Å². The lowest BCUT2D eigenvalue weighted by atomic mass is 10.0. The van der Waals surface area contributed by atoms with Gasteiger partial charge < -0.3 is 24.0 Å². The first-order valence-corrected chi connectivity index (χ1v) is 15.3. The van der Waals surface area contributed by atoms with Crippen LogP contribution in [0.2, 0.25) is 0 Å². The molecule has 13 heteroatoms. The monoisotopic (exact) mass is 613 g/mol. The Morgan fingerprint density at radius 2 is 1.95 bits per heavy atom. The molecule has 1 amide bonds. The normalized spacial score (nSPS) is 12.5. The number of benzene rings is 2. The van der Waals surface area contributed by atoms with Gasteiger partial charge in [0.05, 0.1) is 33.9 Å². The number of halogens is 1. The number of ether oxygens (including phenoxy) is 1. The van der Waals surface area contributed by atoms with Crippen molar-refractivity contribution < 1.29 is 26.8 Å². The first-order valence-electron chi connectivity index (χ1n) is 13.6. The number of anilines is 1. The molecule has 1 aliphatic rings. The van der Waals surface area contributed by atoms with Crippen LogP contribution in [0, 0.1) is 5.82 Å². The topological polar surface area (TPSA) is 148 Å². The number of aromatic amines is 1. The van der Waals surface area contributed by atoms with Gasteiger partial charge in [0, 0.05) is 47.3 Å². The van der Waals surface area contributed by atoms with Crippen molar-refractivity contribution in [2.24, 2.45) is 0 Å². The summed E-state index contributed by atoms with van der Waals surface area (Å²) in [4.78, 5) is 32.7. The Hall–Kier alpha value is -5.43. The number of amides is 1. The molecule has 0 fully saturated rings. The van der Waals surface area contributed by atoms with Crippen molar-refractivity contribution >= 4 is 43.5 Å². The van der Waals surface area contributed by atoms with Crippen LogP contribution in [0.4, 0.5) is 10.1 Å². The number of carbonyl (C=O) groups excluding carboxylic acids is 1. The highest BCUT2D eigenvalue weighted by Crippen LogP contribution is 2.42. The Morgan fingerprint density at radius 1 is 1.11 bits per heavy atom. The molecule has 0 spiro atoms. The van der Waals surface area contributed by atoms with Crippen molar-refractivity contribution in [3.63, 3.8) is 0 Å². The highest BCUT2D eigenvalue weighted by Gasteiger charge is 2.27. The number of carbonyl (C=O) groups is 1. The molecule has 4 aromatic heterocycles. The molecule has 1 aliphatic heterocycles. The third kappa shape index (κ3) is 4.40. The van der Waals surface area contributed by atoms with Crippen LogP contribution >= 0.6 is 0 Å². The summed E-state index contributed by atoms with van der Waals surface area (Å²) in [6.07, 6.45) is 1.44. The molecule has 44 heavy (non-hydrogen) atoms. The van der Waals surface area contributed by atoms with Crippen LogP contribution in [0.3, 0.4) is 0 Å². The minimum Gasteiger partial charge on any atom is -0.470 e. The van der Waals surface area contributed by atoms with E-state index in [0.29, 0.717) is 50.2 Å². The van der Waals surface area contributed by atoms with Gasteiger partial charge in [0.1, 0.15) is 28.6 Å². The van der Waals surface area contributed by atoms with Gasteiger partial charge in [-0.15, -0.1) is 0 Å². The number of furan rings is 1. The molecule has 3 N–H and O–H groups in total. The molecule has 0 saturated heterocycles. The highest BCUT2D eigenvalue weighted by molar-refractivity contribution is 7.92. The summed E-state index contributed by atoms with van der Waals surface area (Å²) in [5, 5.41) is 3.41. The Labute approximate surface area is 249 Å². The van der Waals surface area contributed by atoms with Gasteiger partial charge in [-0.1, -0.05) is 6.07 Å². The predicted molar refractivity (Wildman–Crippen MR) is 163 cm³/mol. The summed E-state index contributed by atoms with van der Waals surface area (Å²) in [7, 11) is -2.28. The lowest BCUT2D eigenvalue weighted by molar-refractivity contribution is 0.0964. The molecular weight excluding hydrogens is 589 g/mol. The lowest BCUT2D eigenvalue weighted by Crippen LogP contribution is -2.18. The molecule has 0 radical (unpaired) electrons. The van der Waals surface area contributed by atoms with Crippen LogP contribution in [0.5, 0.6) is 5.75 Å². The van der Waals surface area contributed by atoms with Crippen molar-refractivity contribution in [3.05, 3.63) is 88.6 Å². The maximum Gasteiger partial charge on any atom is 0.255 e. The van der Waals surface area contributed by atoms with Gasteiger partial charge in [0.15, 0.2) is 6.73 Å². The number of hydrogen-bond acceptors (Lipinski definition) is 7. The number of nitrogens with zero attached hydrogens (tertiary/aromatic N) is 2. The summed E-state index contributed by atoms with van der Waals surface area (Å²) in [6, 6.07) is 15.9. The lowest BCUT2D eigenvalue weighted by Gasteiger charge is -2.21. The van der Waals surface area contributed by atoms with Crippen molar-refractivity contribution in [2.75, 3.05) is 17.5 Å². The molecule has 0 bridgehead atoms. The zero-order chi connectivity index (χ0) is 30.7. The van der Waals surface area contributed by atoms with Crippen LogP contribution in [-0.4, -0.2) is 41.7 Å². The molecule has 7 rings (SSSR count). The van der Waals surface area contributed by atoms with Crippen LogP contribution in [0.25, 0.3) is 55.8 Å². The summed E-state index contributed by atoms with van der Waals surface area (Å²) in [6.45, 7) is 1.67. The van der Waals surface area contributed by atoms with Crippen LogP contribution in [0.1, 0.15) is 17.3 Å². The molecule has 0 saturated carbocycles. The molecule has 222 valence electrons. The first kappa shape index (κ1) is 27.4. The third-order valence-corrected chi connectivity index (χ3v) is 8.87. The molecule has 11 nitrogen and oxygen atoms in total. The van der Waals surface area contributed by atoms with Crippen LogP contribution < -0.4 is 20.3 Å². The maximum absolute atomic E-state index is 14.7. The van der Waals surface area contributed by atoms with Gasteiger partial charge in [-0.05, 0) is 49.4 Å². The summed E-state index contributed by atoms with van der Waals surface area (Å²) in [5.74, 6) is -0.411. The van der Waals surface area contributed by atoms with E-state index in [2.05, 4.69) is 15.0 Å². The average Bonchev–Trinajstić information content (AvgIpc) is 3.59. The van der Waals surface area contributed by atoms with E-state index in [9.17, 15) is 22.4 Å². The van der Waals surface area contributed by atoms with Crippen molar-refractivity contribution in [1.82, 2.24) is 19.9 Å². The van der Waals surface area contributed by atoms with E-state index >= 15 is 0 Å². The van der Waals surface area contributed by atoms with Crippen molar-refractivity contribution in [2.45, 2.75) is 13.7 Å². The smallest absolute Gasteiger partial charge is 0.255 e. The summed E-state index contributed by atoms with van der Waals surface area (Å²) >= 11 is 0. The fourth-order valence-corrected chi connectivity index (χ4v) is 6.08. The maximum atomic E-state index is 14.7. The fourth-order valence-electron chi connectivity index (χ4n) is 5.43. The predicted octanol–water partition coefficient (Wildman–Crippen LogP) is 5.08. The molecule has 2 aromatic carbocycles. The Kier molecular flexibility index (Phi) is 6.28. The quantitative estimate of drug-likeness (QED) is 0.237. The van der Waals surface area contributed by atoms with E-state index in [1.54, 1.807) is 42.5 Å². The minimum atomic E-state index is -3.76. The van der Waals surface area contributed by atoms with Crippen LogP contribution in [-0.2, 0) is 16.8 Å². The molecule has 6 aromatic rings. The third-order valence-electron chi connectivity index (χ3n) is 7.58. The molecule has 0 aliphatic carbocycles.